The number of halogens is 3. The van der Waals surface area contributed by atoms with Gasteiger partial charge in [0, 0.05) is 10.2 Å². The third-order valence-electron chi connectivity index (χ3n) is 1.83. The van der Waals surface area contributed by atoms with Gasteiger partial charge in [-0.05, 0) is 24.6 Å². The predicted octanol–water partition coefficient (Wildman–Crippen LogP) is 3.03. The molecule has 0 aliphatic rings. The molecular formula is C9H10Cl2FNO2. The second-order valence-electron chi connectivity index (χ2n) is 2.83. The van der Waals surface area contributed by atoms with Crippen molar-refractivity contribution in [3.63, 3.8) is 0 Å². The molecule has 1 aromatic rings. The molecule has 15 heavy (non-hydrogen) atoms. The van der Waals surface area contributed by atoms with E-state index >= 15 is 0 Å². The van der Waals surface area contributed by atoms with E-state index in [9.17, 15) is 9.32 Å². The number of nitrogens with two attached hydrogens (primary N) is 1. The molecule has 6 heteroatoms. The van der Waals surface area contributed by atoms with Crippen LogP contribution in [0.25, 0.3) is 0 Å². The quantitative estimate of drug-likeness (QED) is 0.651. The van der Waals surface area contributed by atoms with E-state index in [1.54, 1.807) is 13.0 Å². The zero-order valence-electron chi connectivity index (χ0n) is 7.87. The van der Waals surface area contributed by atoms with Crippen molar-refractivity contribution < 1.29 is 14.3 Å². The van der Waals surface area contributed by atoms with Crippen LogP contribution in [-0.4, -0.2) is 5.97 Å². The predicted molar refractivity (Wildman–Crippen MR) is 58.9 cm³/mol. The van der Waals surface area contributed by atoms with Crippen LogP contribution in [0.4, 0.5) is 10.2 Å². The van der Waals surface area contributed by atoms with Crippen LogP contribution in [0, 0.1) is 0 Å². The molecule has 0 saturated carbocycles. The lowest BCUT2D eigenvalue weighted by Gasteiger charge is -2.06. The summed E-state index contributed by atoms with van der Waals surface area (Å²) in [7, 11) is 0. The molecule has 0 heterocycles. The van der Waals surface area contributed by atoms with Gasteiger partial charge in [0.25, 0.3) is 0 Å². The Morgan fingerprint density at radius 2 is 2.20 bits per heavy atom. The van der Waals surface area contributed by atoms with Crippen molar-refractivity contribution in [3.8, 4) is 0 Å². The largest absolute Gasteiger partial charge is 0.398 e. The van der Waals surface area contributed by atoms with Crippen LogP contribution < -0.4 is 5.73 Å². The van der Waals surface area contributed by atoms with Crippen molar-refractivity contribution in [2.24, 2.45) is 0 Å². The highest BCUT2D eigenvalue weighted by Gasteiger charge is 2.14. The van der Waals surface area contributed by atoms with E-state index in [2.05, 4.69) is 4.94 Å². The fourth-order valence-corrected chi connectivity index (χ4v) is 1.18. The zero-order chi connectivity index (χ0) is 10.7. The molecule has 2 N–H and O–H groups in total. The first kappa shape index (κ1) is 14.0. The Kier molecular flexibility index (Phi) is 5.39. The van der Waals surface area contributed by atoms with Gasteiger partial charge in [0.2, 0.25) is 0 Å². The van der Waals surface area contributed by atoms with E-state index in [0.29, 0.717) is 5.56 Å². The Balaban J connectivity index is 0.00000196. The number of anilines is 1. The number of carbonyl (C=O) groups is 1. The molecule has 1 unspecified atom stereocenters. The molecule has 0 aliphatic heterocycles. The van der Waals surface area contributed by atoms with Gasteiger partial charge >= 0.3 is 5.97 Å². The molecule has 0 amide bonds. The van der Waals surface area contributed by atoms with Gasteiger partial charge in [-0.1, -0.05) is 6.07 Å². The SMILES string of the molecule is CC(Cl)c1ccc(N)c(C(=O)OF)c1.Cl. The second-order valence-corrected chi connectivity index (χ2v) is 3.48. The molecule has 0 fully saturated rings. The first-order chi connectivity index (χ1) is 6.56. The topological polar surface area (TPSA) is 52.3 Å². The summed E-state index contributed by atoms with van der Waals surface area (Å²) >= 11 is 5.79. The van der Waals surface area contributed by atoms with E-state index in [-0.39, 0.29) is 29.0 Å². The van der Waals surface area contributed by atoms with Crippen molar-refractivity contribution in [1.29, 1.82) is 0 Å². The molecule has 0 aromatic heterocycles. The third-order valence-corrected chi connectivity index (χ3v) is 2.08. The standard InChI is InChI=1S/C9H9ClFNO2.ClH/c1-5(10)6-2-3-8(12)7(4-6)9(13)14-11;/h2-5H,12H2,1H3;1H. The number of hydrogen-bond acceptors (Lipinski definition) is 3. The number of carbonyl (C=O) groups excluding carboxylic acids is 1. The van der Waals surface area contributed by atoms with Crippen LogP contribution in [0.15, 0.2) is 18.2 Å². The smallest absolute Gasteiger partial charge is 0.381 e. The van der Waals surface area contributed by atoms with Crippen molar-refractivity contribution >= 4 is 35.7 Å². The van der Waals surface area contributed by atoms with Crippen LogP contribution in [0.3, 0.4) is 0 Å². The normalized spacial score (nSPS) is 11.4. The molecule has 0 bridgehead atoms. The highest BCUT2D eigenvalue weighted by molar-refractivity contribution is 6.20. The number of benzene rings is 1. The van der Waals surface area contributed by atoms with Crippen molar-refractivity contribution in [1.82, 2.24) is 0 Å². The number of alkyl halides is 1. The Labute approximate surface area is 97.7 Å². The summed E-state index contributed by atoms with van der Waals surface area (Å²) < 4.78 is 11.6. The van der Waals surface area contributed by atoms with Crippen LogP contribution >= 0.6 is 24.0 Å². The molecule has 1 atom stereocenters. The van der Waals surface area contributed by atoms with Gasteiger partial charge in [-0.15, -0.1) is 24.0 Å². The van der Waals surface area contributed by atoms with Crippen molar-refractivity contribution in [2.75, 3.05) is 5.73 Å². The Hall–Kier alpha value is -1.00. The van der Waals surface area contributed by atoms with E-state index in [1.165, 1.54) is 12.1 Å². The van der Waals surface area contributed by atoms with Gasteiger partial charge in [-0.3, -0.25) is 0 Å². The molecule has 0 radical (unpaired) electrons. The molecule has 1 rings (SSSR count). The minimum atomic E-state index is -1.11. The summed E-state index contributed by atoms with van der Waals surface area (Å²) in [4.78, 5) is 14.0. The van der Waals surface area contributed by atoms with Gasteiger partial charge in [0.05, 0.1) is 10.9 Å². The minimum absolute atomic E-state index is 0. The minimum Gasteiger partial charge on any atom is -0.398 e. The number of hydrogen-bond donors (Lipinski definition) is 1. The summed E-state index contributed by atoms with van der Waals surface area (Å²) in [5, 5.41) is -0.276. The third kappa shape index (κ3) is 3.25. The molecule has 1 aromatic carbocycles. The molecular weight excluding hydrogens is 244 g/mol. The zero-order valence-corrected chi connectivity index (χ0v) is 9.44. The maximum Gasteiger partial charge on any atom is 0.381 e. The maximum absolute atomic E-state index is 11.6. The van der Waals surface area contributed by atoms with Gasteiger partial charge in [0.1, 0.15) is 0 Å². The van der Waals surface area contributed by atoms with Crippen molar-refractivity contribution in [2.45, 2.75) is 12.3 Å². The first-order valence-electron chi connectivity index (χ1n) is 3.92. The van der Waals surface area contributed by atoms with E-state index in [0.717, 1.165) is 0 Å². The lowest BCUT2D eigenvalue weighted by atomic mass is 10.1. The summed E-state index contributed by atoms with van der Waals surface area (Å²) in [5.41, 5.74) is 6.28. The van der Waals surface area contributed by atoms with Crippen LogP contribution in [0.2, 0.25) is 0 Å². The number of nitrogen functional groups attached to an aromatic ring is 1. The van der Waals surface area contributed by atoms with Gasteiger partial charge in [-0.2, -0.15) is 0 Å². The average Bonchev–Trinajstić information content (AvgIpc) is 2.17. The van der Waals surface area contributed by atoms with Crippen LogP contribution in [0.5, 0.6) is 0 Å². The molecule has 84 valence electrons. The Morgan fingerprint density at radius 3 is 2.67 bits per heavy atom. The van der Waals surface area contributed by atoms with Gasteiger partial charge in [-0.25, -0.2) is 9.74 Å². The fraction of sp³-hybridized carbons (Fsp3) is 0.222. The molecule has 3 nitrogen and oxygen atoms in total. The maximum atomic E-state index is 11.6. The van der Waals surface area contributed by atoms with E-state index in [4.69, 9.17) is 17.3 Å². The monoisotopic (exact) mass is 253 g/mol. The Bertz CT molecular complexity index is 358. The summed E-state index contributed by atoms with van der Waals surface area (Å²) in [6.07, 6.45) is 0. The average molecular weight is 254 g/mol. The van der Waals surface area contributed by atoms with Crippen molar-refractivity contribution in [3.05, 3.63) is 29.3 Å². The van der Waals surface area contributed by atoms with Gasteiger partial charge < -0.3 is 5.73 Å². The number of rotatable bonds is 2. The first-order valence-corrected chi connectivity index (χ1v) is 4.36. The highest BCUT2D eigenvalue weighted by Crippen LogP contribution is 2.23. The lowest BCUT2D eigenvalue weighted by molar-refractivity contribution is -0.0787. The fourth-order valence-electron chi connectivity index (χ4n) is 1.04. The molecule has 0 spiro atoms. The molecule has 0 aliphatic carbocycles. The second kappa shape index (κ2) is 5.78. The van der Waals surface area contributed by atoms with E-state index in [1.807, 2.05) is 0 Å². The Morgan fingerprint density at radius 1 is 1.60 bits per heavy atom. The van der Waals surface area contributed by atoms with Gasteiger partial charge in [0.15, 0.2) is 0 Å². The molecule has 0 saturated heterocycles. The summed E-state index contributed by atoms with van der Waals surface area (Å²) in [5.74, 6) is -1.11. The highest BCUT2D eigenvalue weighted by atomic mass is 35.5. The summed E-state index contributed by atoms with van der Waals surface area (Å²) in [6, 6.07) is 4.57. The lowest BCUT2D eigenvalue weighted by Crippen LogP contribution is -2.04. The van der Waals surface area contributed by atoms with Crippen LogP contribution in [0.1, 0.15) is 28.2 Å². The van der Waals surface area contributed by atoms with Crippen LogP contribution in [-0.2, 0) is 4.94 Å². The summed E-state index contributed by atoms with van der Waals surface area (Å²) in [6.45, 7) is 1.73. The van der Waals surface area contributed by atoms with E-state index < -0.39 is 5.97 Å².